The van der Waals surface area contributed by atoms with Crippen LogP contribution in [-0.4, -0.2) is 20.2 Å². The first-order chi connectivity index (χ1) is 10.1. The maximum atomic E-state index is 5.21. The fourth-order valence-electron chi connectivity index (χ4n) is 2.50. The monoisotopic (exact) mass is 365 g/mol. The third kappa shape index (κ3) is 4.50. The van der Waals surface area contributed by atoms with Gasteiger partial charge in [0.2, 0.25) is 0 Å². The van der Waals surface area contributed by atoms with Gasteiger partial charge in [0.15, 0.2) is 5.69 Å². The number of benzene rings is 1. The van der Waals surface area contributed by atoms with E-state index in [9.17, 15) is 0 Å². The van der Waals surface area contributed by atoms with Gasteiger partial charge < -0.3 is 5.32 Å². The average Bonchev–Trinajstić information content (AvgIpc) is 2.54. The molecule has 1 aliphatic heterocycles. The standard InChI is InChI=1S/C12H18N2OS4.C2H6/c1-15-14-8-7(6-2-4-13-5-3-6)9(16)11(18)12(19)10(8)17;1-2/h6,13-14,16-19H,2-5H2,1H3;1-2H3/p+1. The molecular weight excluding hydrogens is 340 g/mol. The second-order valence-corrected chi connectivity index (χ2v) is 6.39. The van der Waals surface area contributed by atoms with Crippen LogP contribution in [0.1, 0.15) is 38.2 Å². The number of hydrogen-bond acceptors (Lipinski definition) is 6. The predicted octanol–water partition coefficient (Wildman–Crippen LogP) is 3.09. The molecule has 7 heteroatoms. The van der Waals surface area contributed by atoms with Crippen LogP contribution in [0.15, 0.2) is 19.6 Å². The van der Waals surface area contributed by atoms with Crippen LogP contribution in [0.2, 0.25) is 0 Å². The molecule has 0 amide bonds. The summed E-state index contributed by atoms with van der Waals surface area (Å²) in [5.74, 6) is 0.459. The van der Waals surface area contributed by atoms with E-state index in [0.717, 1.165) is 51.2 Å². The Balaban J connectivity index is 0.00000106. The Bertz CT molecular complexity index is 477. The van der Waals surface area contributed by atoms with Crippen molar-refractivity contribution in [2.24, 2.45) is 0 Å². The van der Waals surface area contributed by atoms with E-state index in [1.54, 1.807) is 12.6 Å². The molecular formula is C14H25N2OS4+. The predicted molar refractivity (Wildman–Crippen MR) is 100 cm³/mol. The number of nitrogens with one attached hydrogen (secondary N) is 1. The Morgan fingerprint density at radius 3 is 2.00 bits per heavy atom. The lowest BCUT2D eigenvalue weighted by Gasteiger charge is -2.26. The SMILES string of the molecule is CC.CO[NH2+]c1c(S)c(S)c(S)c(S)c1C1CCNCC1. The highest BCUT2D eigenvalue weighted by Crippen LogP contribution is 2.44. The molecule has 21 heavy (non-hydrogen) atoms. The van der Waals surface area contributed by atoms with Gasteiger partial charge in [-0.2, -0.15) is 5.48 Å². The quantitative estimate of drug-likeness (QED) is 0.283. The van der Waals surface area contributed by atoms with Crippen LogP contribution in [0, 0.1) is 0 Å². The first kappa shape index (κ1) is 19.5. The van der Waals surface area contributed by atoms with Crippen LogP contribution in [0.3, 0.4) is 0 Å². The molecule has 1 aliphatic rings. The number of quaternary nitrogens is 1. The fraction of sp³-hybridized carbons (Fsp3) is 0.571. The summed E-state index contributed by atoms with van der Waals surface area (Å²) < 4.78 is 0. The molecule has 0 spiro atoms. The van der Waals surface area contributed by atoms with Gasteiger partial charge in [-0.05, 0) is 31.8 Å². The van der Waals surface area contributed by atoms with Crippen molar-refractivity contribution in [2.45, 2.75) is 52.2 Å². The summed E-state index contributed by atoms with van der Waals surface area (Å²) >= 11 is 18.2. The largest absolute Gasteiger partial charge is 0.317 e. The lowest BCUT2D eigenvalue weighted by molar-refractivity contribution is -0.832. The van der Waals surface area contributed by atoms with Gasteiger partial charge in [0.05, 0.1) is 12.0 Å². The molecule has 3 nitrogen and oxygen atoms in total. The van der Waals surface area contributed by atoms with Crippen molar-refractivity contribution in [2.75, 3.05) is 20.2 Å². The number of piperidine rings is 1. The van der Waals surface area contributed by atoms with Gasteiger partial charge >= 0.3 is 0 Å². The van der Waals surface area contributed by atoms with Crippen molar-refractivity contribution in [1.82, 2.24) is 5.32 Å². The minimum Gasteiger partial charge on any atom is -0.317 e. The highest BCUT2D eigenvalue weighted by atomic mass is 32.1. The molecule has 0 radical (unpaired) electrons. The lowest BCUT2D eigenvalue weighted by atomic mass is 9.89. The normalized spacial score (nSPS) is 15.6. The number of rotatable bonds is 3. The molecule has 3 N–H and O–H groups in total. The Labute approximate surface area is 149 Å². The van der Waals surface area contributed by atoms with Crippen LogP contribution >= 0.6 is 50.5 Å². The molecule has 1 aromatic rings. The van der Waals surface area contributed by atoms with Gasteiger partial charge in [-0.3, -0.25) is 0 Å². The van der Waals surface area contributed by atoms with E-state index in [2.05, 4.69) is 55.8 Å². The van der Waals surface area contributed by atoms with Crippen molar-refractivity contribution in [3.8, 4) is 0 Å². The molecule has 2 rings (SSSR count). The molecule has 1 fully saturated rings. The highest BCUT2D eigenvalue weighted by molar-refractivity contribution is 7.86. The molecule has 1 heterocycles. The van der Waals surface area contributed by atoms with Crippen LogP contribution < -0.4 is 10.8 Å². The maximum absolute atomic E-state index is 5.21. The van der Waals surface area contributed by atoms with Gasteiger partial charge in [-0.25, -0.2) is 4.84 Å². The number of thiol groups is 4. The van der Waals surface area contributed by atoms with Crippen LogP contribution in [-0.2, 0) is 4.84 Å². The molecule has 0 aromatic heterocycles. The van der Waals surface area contributed by atoms with E-state index in [-0.39, 0.29) is 0 Å². The second kappa shape index (κ2) is 9.60. The first-order valence-electron chi connectivity index (χ1n) is 7.14. The summed E-state index contributed by atoms with van der Waals surface area (Å²) in [7, 11) is 1.64. The summed E-state index contributed by atoms with van der Waals surface area (Å²) in [6.45, 7) is 6.05. The number of nitrogens with two attached hydrogens (primary N) is 1. The van der Waals surface area contributed by atoms with Crippen LogP contribution in [0.4, 0.5) is 5.69 Å². The third-order valence-electron chi connectivity index (χ3n) is 3.46. The Morgan fingerprint density at radius 2 is 1.48 bits per heavy atom. The summed E-state index contributed by atoms with van der Waals surface area (Å²) in [5.41, 5.74) is 3.89. The Hall–Kier alpha value is 0.500. The second-order valence-electron chi connectivity index (χ2n) is 4.60. The van der Waals surface area contributed by atoms with Crippen molar-refractivity contribution in [3.05, 3.63) is 5.56 Å². The zero-order valence-corrected chi connectivity index (χ0v) is 16.3. The van der Waals surface area contributed by atoms with Crippen LogP contribution in [0.25, 0.3) is 0 Å². The molecule has 1 aromatic carbocycles. The molecule has 0 aliphatic carbocycles. The van der Waals surface area contributed by atoms with Gasteiger partial charge in [-0.15, -0.1) is 50.5 Å². The van der Waals surface area contributed by atoms with E-state index < -0.39 is 0 Å². The summed E-state index contributed by atoms with van der Waals surface area (Å²) in [5, 5.41) is 3.38. The molecule has 0 bridgehead atoms. The number of hydrogen-bond donors (Lipinski definition) is 6. The fourth-order valence-corrected chi connectivity index (χ4v) is 3.84. The minimum atomic E-state index is 0.459. The molecule has 0 saturated carbocycles. The average molecular weight is 366 g/mol. The molecule has 0 atom stereocenters. The van der Waals surface area contributed by atoms with Gasteiger partial charge in [-0.1, -0.05) is 13.8 Å². The van der Waals surface area contributed by atoms with E-state index >= 15 is 0 Å². The minimum absolute atomic E-state index is 0.459. The van der Waals surface area contributed by atoms with E-state index in [1.165, 1.54) is 5.56 Å². The van der Waals surface area contributed by atoms with E-state index in [1.807, 2.05) is 13.8 Å². The van der Waals surface area contributed by atoms with Crippen LogP contribution in [0.5, 0.6) is 0 Å². The van der Waals surface area contributed by atoms with Gasteiger partial charge in [0, 0.05) is 20.2 Å². The molecule has 0 unspecified atom stereocenters. The summed E-state index contributed by atoms with van der Waals surface area (Å²) in [6.07, 6.45) is 2.18. The Morgan fingerprint density at radius 1 is 0.952 bits per heavy atom. The van der Waals surface area contributed by atoms with Crippen molar-refractivity contribution < 1.29 is 10.3 Å². The van der Waals surface area contributed by atoms with Crippen molar-refractivity contribution in [3.63, 3.8) is 0 Å². The maximum Gasteiger partial charge on any atom is 0.181 e. The zero-order valence-electron chi connectivity index (χ0n) is 12.7. The summed E-state index contributed by atoms with van der Waals surface area (Å²) in [6, 6.07) is 0. The van der Waals surface area contributed by atoms with Crippen molar-refractivity contribution >= 4 is 56.2 Å². The lowest BCUT2D eigenvalue weighted by Crippen LogP contribution is -2.76. The Kier molecular flexibility index (Phi) is 8.93. The van der Waals surface area contributed by atoms with E-state index in [0.29, 0.717) is 5.92 Å². The van der Waals surface area contributed by atoms with E-state index in [4.69, 9.17) is 4.84 Å². The smallest absolute Gasteiger partial charge is 0.181 e. The molecule has 1 saturated heterocycles. The van der Waals surface area contributed by atoms with Gasteiger partial charge in [0.1, 0.15) is 0 Å². The van der Waals surface area contributed by atoms with Crippen molar-refractivity contribution in [1.29, 1.82) is 0 Å². The molecule has 120 valence electrons. The summed E-state index contributed by atoms with van der Waals surface area (Å²) in [4.78, 5) is 8.44. The first-order valence-corrected chi connectivity index (χ1v) is 8.93. The third-order valence-corrected chi connectivity index (χ3v) is 5.81. The zero-order chi connectivity index (χ0) is 16.0. The topological polar surface area (TPSA) is 37.9 Å². The van der Waals surface area contributed by atoms with Gasteiger partial charge in [0.25, 0.3) is 0 Å². The highest BCUT2D eigenvalue weighted by Gasteiger charge is 2.28.